The Balaban J connectivity index is 1.92. The molecule has 2 aromatic carbocycles. The third-order valence-electron chi connectivity index (χ3n) is 4.17. The summed E-state index contributed by atoms with van der Waals surface area (Å²) in [6.45, 7) is 3.65. The number of ether oxygens (including phenoxy) is 1. The zero-order valence-corrected chi connectivity index (χ0v) is 18.6. The summed E-state index contributed by atoms with van der Waals surface area (Å²) in [5, 5.41) is 3.12. The smallest absolute Gasteiger partial charge is 0.331 e. The van der Waals surface area contributed by atoms with E-state index in [0.29, 0.717) is 25.8 Å². The molecule has 0 aromatic heterocycles. The minimum absolute atomic E-state index is 0.0216. The summed E-state index contributed by atoms with van der Waals surface area (Å²) in [7, 11) is 0. The first-order valence-electron chi connectivity index (χ1n) is 8.66. The van der Waals surface area contributed by atoms with Crippen LogP contribution in [-0.2, 0) is 16.2 Å². The van der Waals surface area contributed by atoms with E-state index in [9.17, 15) is 14.4 Å². The van der Waals surface area contributed by atoms with E-state index < -0.39 is 17.8 Å². The number of carbonyl (C=O) groups excluding carboxylic acids is 3. The second kappa shape index (κ2) is 9.47. The molecule has 4 amide bonds. The molecule has 6 nitrogen and oxygen atoms in total. The van der Waals surface area contributed by atoms with Crippen molar-refractivity contribution in [3.63, 3.8) is 0 Å². The highest BCUT2D eigenvalue weighted by Crippen LogP contribution is 2.29. The molecule has 0 spiro atoms. The standard InChI is InChI=1S/C21H15BrCl2N2O4/c1-2-7-26-20(28)16(19(27)25-21(26)29)9-13-8-14(22)4-6-18(13)30-11-12-3-5-15(23)10-17(12)24/h2-6,8-10H,1,7,11H2,(H,25,27,29)/b16-9+. The summed E-state index contributed by atoms with van der Waals surface area (Å²) in [4.78, 5) is 37.7. The van der Waals surface area contributed by atoms with Gasteiger partial charge >= 0.3 is 6.03 Å². The van der Waals surface area contributed by atoms with Crippen LogP contribution in [0.15, 0.2) is 59.1 Å². The van der Waals surface area contributed by atoms with Crippen LogP contribution >= 0.6 is 39.1 Å². The number of hydrogen-bond acceptors (Lipinski definition) is 4. The lowest BCUT2D eigenvalue weighted by Crippen LogP contribution is -2.54. The first-order chi connectivity index (χ1) is 14.3. The molecule has 0 saturated carbocycles. The van der Waals surface area contributed by atoms with Gasteiger partial charge in [-0.25, -0.2) is 4.79 Å². The average Bonchev–Trinajstić information content (AvgIpc) is 2.69. The van der Waals surface area contributed by atoms with Crippen LogP contribution in [0.4, 0.5) is 4.79 Å². The SMILES string of the molecule is C=CCN1C(=O)NC(=O)/C(=C\c2cc(Br)ccc2OCc2ccc(Cl)cc2Cl)C1=O. The van der Waals surface area contributed by atoms with Crippen molar-refractivity contribution in [3.8, 4) is 5.75 Å². The Labute approximate surface area is 191 Å². The van der Waals surface area contributed by atoms with Gasteiger partial charge in [-0.2, -0.15) is 0 Å². The number of barbiturate groups is 1. The number of imide groups is 2. The predicted molar refractivity (Wildman–Crippen MR) is 118 cm³/mol. The van der Waals surface area contributed by atoms with Gasteiger partial charge in [-0.15, -0.1) is 6.58 Å². The molecular weight excluding hydrogens is 495 g/mol. The number of nitrogens with zero attached hydrogens (tertiary/aromatic N) is 1. The Hall–Kier alpha value is -2.61. The molecule has 1 saturated heterocycles. The lowest BCUT2D eigenvalue weighted by atomic mass is 10.1. The van der Waals surface area contributed by atoms with E-state index in [2.05, 4.69) is 27.8 Å². The molecule has 1 heterocycles. The molecule has 0 aliphatic carbocycles. The first-order valence-corrected chi connectivity index (χ1v) is 10.2. The second-order valence-electron chi connectivity index (χ2n) is 6.23. The highest BCUT2D eigenvalue weighted by atomic mass is 79.9. The normalized spacial score (nSPS) is 15.4. The van der Waals surface area contributed by atoms with Gasteiger partial charge in [-0.3, -0.25) is 19.8 Å². The van der Waals surface area contributed by atoms with Crippen molar-refractivity contribution in [3.05, 3.63) is 80.3 Å². The lowest BCUT2D eigenvalue weighted by molar-refractivity contribution is -0.129. The highest BCUT2D eigenvalue weighted by molar-refractivity contribution is 9.10. The molecule has 0 unspecified atom stereocenters. The molecule has 0 atom stereocenters. The van der Waals surface area contributed by atoms with Crippen molar-refractivity contribution in [2.75, 3.05) is 6.54 Å². The molecule has 30 heavy (non-hydrogen) atoms. The number of amides is 4. The Bertz CT molecular complexity index is 1080. The second-order valence-corrected chi connectivity index (χ2v) is 7.99. The number of carbonyl (C=O) groups is 3. The average molecular weight is 510 g/mol. The summed E-state index contributed by atoms with van der Waals surface area (Å²) < 4.78 is 6.59. The summed E-state index contributed by atoms with van der Waals surface area (Å²) in [6.07, 6.45) is 2.78. The molecule has 2 aromatic rings. The van der Waals surface area contributed by atoms with Gasteiger partial charge in [0.15, 0.2) is 0 Å². The van der Waals surface area contributed by atoms with Gasteiger partial charge in [0.05, 0.1) is 0 Å². The van der Waals surface area contributed by atoms with Gasteiger partial charge in [0.25, 0.3) is 11.8 Å². The maximum atomic E-state index is 12.6. The van der Waals surface area contributed by atoms with E-state index in [0.717, 1.165) is 10.5 Å². The van der Waals surface area contributed by atoms with Crippen molar-refractivity contribution in [1.82, 2.24) is 10.2 Å². The fourth-order valence-electron chi connectivity index (χ4n) is 2.70. The molecule has 1 aliphatic rings. The molecule has 9 heteroatoms. The molecule has 1 fully saturated rings. The van der Waals surface area contributed by atoms with E-state index >= 15 is 0 Å². The minimum Gasteiger partial charge on any atom is -0.488 e. The number of urea groups is 1. The van der Waals surface area contributed by atoms with Crippen molar-refractivity contribution in [2.24, 2.45) is 0 Å². The summed E-state index contributed by atoms with van der Waals surface area (Å²) in [6, 6.07) is 9.43. The van der Waals surface area contributed by atoms with Crippen LogP contribution in [-0.4, -0.2) is 29.3 Å². The van der Waals surface area contributed by atoms with Gasteiger partial charge < -0.3 is 4.74 Å². The van der Waals surface area contributed by atoms with Crippen LogP contribution in [0.5, 0.6) is 5.75 Å². The van der Waals surface area contributed by atoms with E-state index in [4.69, 9.17) is 27.9 Å². The Morgan fingerprint density at radius 1 is 1.13 bits per heavy atom. The van der Waals surface area contributed by atoms with Crippen LogP contribution in [0.3, 0.4) is 0 Å². The van der Waals surface area contributed by atoms with Gasteiger partial charge in [0.1, 0.15) is 17.9 Å². The molecule has 0 bridgehead atoms. The minimum atomic E-state index is -0.787. The van der Waals surface area contributed by atoms with Crippen LogP contribution in [0.1, 0.15) is 11.1 Å². The maximum Gasteiger partial charge on any atom is 0.331 e. The molecule has 0 radical (unpaired) electrons. The zero-order chi connectivity index (χ0) is 21.8. The van der Waals surface area contributed by atoms with Crippen LogP contribution in [0, 0.1) is 0 Å². The summed E-state index contributed by atoms with van der Waals surface area (Å²) in [5.41, 5.74) is 1.00. The lowest BCUT2D eigenvalue weighted by Gasteiger charge is -2.25. The number of halogens is 3. The largest absolute Gasteiger partial charge is 0.488 e. The van der Waals surface area contributed by atoms with E-state index in [1.165, 1.54) is 12.2 Å². The summed E-state index contributed by atoms with van der Waals surface area (Å²) in [5.74, 6) is -1.07. The number of nitrogens with one attached hydrogen (secondary N) is 1. The van der Waals surface area contributed by atoms with Crippen LogP contribution in [0.25, 0.3) is 6.08 Å². The molecule has 154 valence electrons. The number of rotatable bonds is 6. The molecule has 3 rings (SSSR count). The molecule has 1 N–H and O–H groups in total. The molecule has 1 aliphatic heterocycles. The van der Waals surface area contributed by atoms with Crippen molar-refractivity contribution in [1.29, 1.82) is 0 Å². The monoisotopic (exact) mass is 508 g/mol. The van der Waals surface area contributed by atoms with E-state index in [1.54, 1.807) is 36.4 Å². The van der Waals surface area contributed by atoms with Crippen molar-refractivity contribution in [2.45, 2.75) is 6.61 Å². The van der Waals surface area contributed by atoms with Gasteiger partial charge in [-0.1, -0.05) is 51.3 Å². The first kappa shape index (κ1) is 22.1. The zero-order valence-electron chi connectivity index (χ0n) is 15.5. The van der Waals surface area contributed by atoms with E-state index in [1.807, 2.05) is 0 Å². The third kappa shape index (κ3) is 4.92. The number of benzene rings is 2. The van der Waals surface area contributed by atoms with Crippen molar-refractivity contribution >= 4 is 63.1 Å². The van der Waals surface area contributed by atoms with Gasteiger partial charge in [0, 0.05) is 32.2 Å². The summed E-state index contributed by atoms with van der Waals surface area (Å²) >= 11 is 15.5. The Morgan fingerprint density at radius 3 is 2.60 bits per heavy atom. The number of hydrogen-bond donors (Lipinski definition) is 1. The topological polar surface area (TPSA) is 75.7 Å². The Morgan fingerprint density at radius 2 is 1.90 bits per heavy atom. The quantitative estimate of drug-likeness (QED) is 0.338. The fraction of sp³-hybridized carbons (Fsp3) is 0.0952. The maximum absolute atomic E-state index is 12.6. The molecular formula is C21H15BrCl2N2O4. The van der Waals surface area contributed by atoms with Gasteiger partial charge in [0.2, 0.25) is 0 Å². The third-order valence-corrected chi connectivity index (χ3v) is 5.25. The van der Waals surface area contributed by atoms with E-state index in [-0.39, 0.29) is 18.7 Å². The van der Waals surface area contributed by atoms with Crippen molar-refractivity contribution < 1.29 is 19.1 Å². The predicted octanol–water partition coefficient (Wildman–Crippen LogP) is 4.98. The Kier molecular flexibility index (Phi) is 6.97. The fourth-order valence-corrected chi connectivity index (χ4v) is 3.54. The highest BCUT2D eigenvalue weighted by Gasteiger charge is 2.35. The van der Waals surface area contributed by atoms with Gasteiger partial charge in [-0.05, 0) is 36.4 Å². The van der Waals surface area contributed by atoms with Crippen LogP contribution in [0.2, 0.25) is 10.0 Å². The van der Waals surface area contributed by atoms with Crippen LogP contribution < -0.4 is 10.1 Å².